The van der Waals surface area contributed by atoms with E-state index in [9.17, 15) is 23.1 Å². The Labute approximate surface area is 183 Å². The van der Waals surface area contributed by atoms with Gasteiger partial charge >= 0.3 is 12.0 Å². The monoisotopic (exact) mass is 461 g/mol. The number of carboxylic acids is 1. The van der Waals surface area contributed by atoms with Gasteiger partial charge < -0.3 is 10.4 Å². The molecule has 3 N–H and O–H groups in total. The second kappa shape index (κ2) is 8.10. The number of aliphatic carboxylic acids is 1. The Bertz CT molecular complexity index is 1280. The molecule has 4 rings (SSSR count). The number of sulfonamides is 1. The first kappa shape index (κ1) is 21.5. The molecule has 2 heterocycles. The van der Waals surface area contributed by atoms with Crippen molar-refractivity contribution in [1.29, 1.82) is 0 Å². The molecule has 0 radical (unpaired) electrons. The van der Waals surface area contributed by atoms with E-state index in [0.717, 1.165) is 32.3 Å². The Morgan fingerprint density at radius 3 is 2.48 bits per heavy atom. The summed E-state index contributed by atoms with van der Waals surface area (Å²) in [6.45, 7) is 4.62. The maximum atomic E-state index is 12.8. The zero-order valence-electron chi connectivity index (χ0n) is 17.1. The predicted octanol–water partition coefficient (Wildman–Crippen LogP) is 3.36. The van der Waals surface area contributed by atoms with Gasteiger partial charge in [0.05, 0.1) is 4.90 Å². The molecule has 1 aliphatic heterocycles. The van der Waals surface area contributed by atoms with Crippen molar-refractivity contribution in [1.82, 2.24) is 10.0 Å². The van der Waals surface area contributed by atoms with Crippen LogP contribution in [0.3, 0.4) is 0 Å². The Balaban J connectivity index is 1.71. The maximum Gasteiger partial charge on any atom is 0.322 e. The number of thiophene rings is 1. The normalized spacial score (nSPS) is 16.1. The van der Waals surface area contributed by atoms with E-state index in [1.54, 1.807) is 30.9 Å². The van der Waals surface area contributed by atoms with Crippen LogP contribution in [0.5, 0.6) is 0 Å². The third kappa shape index (κ3) is 4.10. The number of carbonyl (C=O) groups is 2. The quantitative estimate of drug-likeness (QED) is 0.521. The minimum absolute atomic E-state index is 0.0223. The van der Waals surface area contributed by atoms with Crippen LogP contribution in [0, 0.1) is 5.92 Å². The molecule has 31 heavy (non-hydrogen) atoms. The summed E-state index contributed by atoms with van der Waals surface area (Å²) in [6.07, 6.45) is 0.873. The minimum Gasteiger partial charge on any atom is -0.480 e. The molecule has 0 aliphatic carbocycles. The summed E-state index contributed by atoms with van der Waals surface area (Å²) in [5.74, 6) is -1.61. The standard InChI is InChI=1S/C21H23N3O5S2/c1-12(2)19(20(25)26)23-31(28,29)14-5-7-16-15-6-4-13(10-17(15)30-18(16)11-14)24-9-3-8-22-21(24)27/h4-7,10-12,19,23H,3,8-9H2,1-2H3,(H,22,27)(H,25,26)/t19-/m0/s1. The van der Waals surface area contributed by atoms with E-state index in [1.165, 1.54) is 17.4 Å². The summed E-state index contributed by atoms with van der Waals surface area (Å²) in [6, 6.07) is 9.24. The van der Waals surface area contributed by atoms with Crippen LogP contribution in [0.25, 0.3) is 20.2 Å². The van der Waals surface area contributed by atoms with Crippen LogP contribution >= 0.6 is 11.3 Å². The fraction of sp³-hybridized carbons (Fsp3) is 0.333. The van der Waals surface area contributed by atoms with E-state index >= 15 is 0 Å². The van der Waals surface area contributed by atoms with Gasteiger partial charge in [0.15, 0.2) is 0 Å². The van der Waals surface area contributed by atoms with Crippen LogP contribution in [0.1, 0.15) is 20.3 Å². The lowest BCUT2D eigenvalue weighted by Crippen LogP contribution is -2.46. The van der Waals surface area contributed by atoms with E-state index in [-0.39, 0.29) is 10.9 Å². The van der Waals surface area contributed by atoms with Crippen molar-refractivity contribution in [3.63, 3.8) is 0 Å². The number of amides is 2. The Kier molecular flexibility index (Phi) is 5.63. The van der Waals surface area contributed by atoms with Gasteiger partial charge in [-0.05, 0) is 36.6 Å². The van der Waals surface area contributed by atoms with Crippen LogP contribution in [-0.4, -0.2) is 44.7 Å². The average Bonchev–Trinajstić information content (AvgIpc) is 3.09. The SMILES string of the molecule is CC(C)[C@H](NS(=O)(=O)c1ccc2c(c1)sc1cc(N3CCCNC3=O)ccc12)C(=O)O. The van der Waals surface area contributed by atoms with E-state index in [2.05, 4.69) is 10.0 Å². The number of nitrogens with zero attached hydrogens (tertiary/aromatic N) is 1. The number of anilines is 1. The fourth-order valence-electron chi connectivity index (χ4n) is 3.66. The van der Waals surface area contributed by atoms with Crippen molar-refractivity contribution >= 4 is 59.2 Å². The molecule has 3 aromatic rings. The average molecular weight is 462 g/mol. The highest BCUT2D eigenvalue weighted by molar-refractivity contribution is 7.89. The first-order valence-electron chi connectivity index (χ1n) is 9.94. The molecule has 0 bridgehead atoms. The van der Waals surface area contributed by atoms with Gasteiger partial charge in [-0.25, -0.2) is 13.2 Å². The summed E-state index contributed by atoms with van der Waals surface area (Å²) < 4.78 is 29.6. The van der Waals surface area contributed by atoms with Crippen molar-refractivity contribution in [2.75, 3.05) is 18.0 Å². The van der Waals surface area contributed by atoms with Crippen molar-refractivity contribution in [2.45, 2.75) is 31.2 Å². The lowest BCUT2D eigenvalue weighted by atomic mass is 10.1. The van der Waals surface area contributed by atoms with Crippen LogP contribution in [0.2, 0.25) is 0 Å². The first-order chi connectivity index (χ1) is 14.7. The van der Waals surface area contributed by atoms with Gasteiger partial charge in [0, 0.05) is 38.9 Å². The van der Waals surface area contributed by atoms with Gasteiger partial charge in [0.2, 0.25) is 10.0 Å². The molecule has 0 unspecified atom stereocenters. The number of benzene rings is 2. The topological polar surface area (TPSA) is 116 Å². The molecular weight excluding hydrogens is 438 g/mol. The van der Waals surface area contributed by atoms with Crippen molar-refractivity contribution in [3.8, 4) is 0 Å². The number of nitrogens with one attached hydrogen (secondary N) is 2. The van der Waals surface area contributed by atoms with Crippen LogP contribution < -0.4 is 14.9 Å². The highest BCUT2D eigenvalue weighted by Gasteiger charge is 2.28. The van der Waals surface area contributed by atoms with E-state index < -0.39 is 28.0 Å². The molecule has 164 valence electrons. The lowest BCUT2D eigenvalue weighted by Gasteiger charge is -2.27. The van der Waals surface area contributed by atoms with Crippen LogP contribution in [0.15, 0.2) is 41.3 Å². The number of rotatable bonds is 6. The number of urea groups is 1. The smallest absolute Gasteiger partial charge is 0.322 e. The largest absolute Gasteiger partial charge is 0.480 e. The molecule has 1 saturated heterocycles. The van der Waals surface area contributed by atoms with Gasteiger partial charge in [0.25, 0.3) is 0 Å². The lowest BCUT2D eigenvalue weighted by molar-refractivity contribution is -0.140. The molecule has 2 aromatic carbocycles. The van der Waals surface area contributed by atoms with E-state index in [1.807, 2.05) is 18.2 Å². The van der Waals surface area contributed by atoms with Crippen LogP contribution in [0.4, 0.5) is 10.5 Å². The zero-order chi connectivity index (χ0) is 22.3. The van der Waals surface area contributed by atoms with Gasteiger partial charge in [-0.2, -0.15) is 4.72 Å². The zero-order valence-corrected chi connectivity index (χ0v) is 18.7. The summed E-state index contributed by atoms with van der Waals surface area (Å²) in [7, 11) is -4.00. The van der Waals surface area contributed by atoms with Crippen molar-refractivity contribution < 1.29 is 23.1 Å². The van der Waals surface area contributed by atoms with Gasteiger partial charge in [-0.15, -0.1) is 11.3 Å². The third-order valence-electron chi connectivity index (χ3n) is 5.35. The first-order valence-corrected chi connectivity index (χ1v) is 12.2. The number of carboxylic acid groups (broad SMARTS) is 1. The number of hydrogen-bond donors (Lipinski definition) is 3. The summed E-state index contributed by atoms with van der Waals surface area (Å²) >= 11 is 1.44. The Morgan fingerprint density at radius 2 is 1.84 bits per heavy atom. The van der Waals surface area contributed by atoms with Gasteiger partial charge in [0.1, 0.15) is 6.04 Å². The van der Waals surface area contributed by atoms with Gasteiger partial charge in [-0.1, -0.05) is 26.0 Å². The molecule has 1 fully saturated rings. The Hall–Kier alpha value is -2.69. The second-order valence-corrected chi connectivity index (χ2v) is 10.7. The molecule has 1 aromatic heterocycles. The van der Waals surface area contributed by atoms with Crippen molar-refractivity contribution in [3.05, 3.63) is 36.4 Å². The molecule has 2 amide bonds. The molecular formula is C21H23N3O5S2. The van der Waals surface area contributed by atoms with Crippen LogP contribution in [-0.2, 0) is 14.8 Å². The summed E-state index contributed by atoms with van der Waals surface area (Å²) in [5, 5.41) is 14.0. The second-order valence-electron chi connectivity index (χ2n) is 7.86. The molecule has 0 spiro atoms. The third-order valence-corrected chi connectivity index (χ3v) is 7.90. The molecule has 10 heteroatoms. The maximum absolute atomic E-state index is 12.8. The van der Waals surface area contributed by atoms with E-state index in [0.29, 0.717) is 13.1 Å². The predicted molar refractivity (Wildman–Crippen MR) is 121 cm³/mol. The summed E-state index contributed by atoms with van der Waals surface area (Å²) in [5.41, 5.74) is 0.798. The molecule has 1 aliphatic rings. The highest BCUT2D eigenvalue weighted by atomic mass is 32.2. The molecule has 8 nitrogen and oxygen atoms in total. The molecule has 1 atom stereocenters. The number of carbonyl (C=O) groups excluding carboxylic acids is 1. The number of fused-ring (bicyclic) bond motifs is 3. The number of hydrogen-bond acceptors (Lipinski definition) is 5. The van der Waals surface area contributed by atoms with E-state index in [4.69, 9.17) is 0 Å². The summed E-state index contributed by atoms with van der Waals surface area (Å²) in [4.78, 5) is 25.3. The van der Waals surface area contributed by atoms with Crippen molar-refractivity contribution in [2.24, 2.45) is 5.92 Å². The van der Waals surface area contributed by atoms with Gasteiger partial charge in [-0.3, -0.25) is 9.69 Å². The highest BCUT2D eigenvalue weighted by Crippen LogP contribution is 2.37. The molecule has 0 saturated carbocycles. The minimum atomic E-state index is -4.00. The fourth-order valence-corrected chi connectivity index (χ4v) is 6.28. The Morgan fingerprint density at radius 1 is 1.16 bits per heavy atom.